The van der Waals surface area contributed by atoms with E-state index in [9.17, 15) is 8.78 Å². The van der Waals surface area contributed by atoms with Crippen molar-refractivity contribution in [3.63, 3.8) is 0 Å². The third-order valence-corrected chi connectivity index (χ3v) is 4.54. The lowest BCUT2D eigenvalue weighted by Crippen LogP contribution is -2.02. The Morgan fingerprint density at radius 3 is 2.52 bits per heavy atom. The lowest BCUT2D eigenvalue weighted by Gasteiger charge is -2.06. The van der Waals surface area contributed by atoms with Gasteiger partial charge in [0.25, 0.3) is 0 Å². The molecule has 0 unspecified atom stereocenters. The van der Waals surface area contributed by atoms with Crippen molar-refractivity contribution in [3.05, 3.63) is 88.8 Å². The van der Waals surface area contributed by atoms with Crippen LogP contribution in [-0.2, 0) is 19.3 Å². The fourth-order valence-electron chi connectivity index (χ4n) is 3.10. The Morgan fingerprint density at radius 1 is 0.926 bits per heavy atom. The molecule has 4 nitrogen and oxygen atoms in total. The van der Waals surface area contributed by atoms with Crippen LogP contribution in [0.3, 0.4) is 0 Å². The van der Waals surface area contributed by atoms with Gasteiger partial charge in [0.15, 0.2) is 0 Å². The summed E-state index contributed by atoms with van der Waals surface area (Å²) >= 11 is 0. The van der Waals surface area contributed by atoms with Crippen molar-refractivity contribution in [3.8, 4) is 0 Å². The standard InChI is InChI=1S/C21H18F2N4/c1-13-8-19-15(11-26-21(19)25-10-13)9-14-2-4-18(27-20(14)23)7-6-17-5-3-16(22)12-24-17/h2-5,8,10-12H,6-7,9H2,1H3,(H,25,26). The summed E-state index contributed by atoms with van der Waals surface area (Å²) in [6.45, 7) is 1.98. The number of pyridine rings is 3. The molecule has 4 aromatic heterocycles. The number of nitrogens with one attached hydrogen (secondary N) is 1. The third-order valence-electron chi connectivity index (χ3n) is 4.54. The highest BCUT2D eigenvalue weighted by molar-refractivity contribution is 5.80. The van der Waals surface area contributed by atoms with E-state index in [4.69, 9.17) is 0 Å². The van der Waals surface area contributed by atoms with Crippen molar-refractivity contribution in [2.45, 2.75) is 26.2 Å². The van der Waals surface area contributed by atoms with Crippen molar-refractivity contribution in [2.24, 2.45) is 0 Å². The first kappa shape index (κ1) is 17.3. The molecule has 0 bridgehead atoms. The monoisotopic (exact) mass is 364 g/mol. The first-order valence-corrected chi connectivity index (χ1v) is 8.76. The summed E-state index contributed by atoms with van der Waals surface area (Å²) < 4.78 is 27.4. The summed E-state index contributed by atoms with van der Waals surface area (Å²) in [5.41, 5.74) is 4.80. The molecule has 0 radical (unpaired) electrons. The number of rotatable bonds is 5. The van der Waals surface area contributed by atoms with Gasteiger partial charge in [-0.15, -0.1) is 0 Å². The molecule has 0 saturated heterocycles. The van der Waals surface area contributed by atoms with E-state index in [1.807, 2.05) is 25.3 Å². The second-order valence-corrected chi connectivity index (χ2v) is 6.62. The average molecular weight is 364 g/mol. The van der Waals surface area contributed by atoms with Gasteiger partial charge in [-0.05, 0) is 55.2 Å². The Kier molecular flexibility index (Phi) is 4.62. The molecule has 0 aromatic carbocycles. The summed E-state index contributed by atoms with van der Waals surface area (Å²) in [7, 11) is 0. The fraction of sp³-hybridized carbons (Fsp3) is 0.190. The topological polar surface area (TPSA) is 54.5 Å². The second-order valence-electron chi connectivity index (χ2n) is 6.62. The molecule has 0 aliphatic rings. The van der Waals surface area contributed by atoms with Gasteiger partial charge in [0.1, 0.15) is 11.5 Å². The number of fused-ring (bicyclic) bond motifs is 1. The normalized spacial score (nSPS) is 11.2. The number of H-pyrrole nitrogens is 1. The van der Waals surface area contributed by atoms with Crippen LogP contribution in [0.25, 0.3) is 11.0 Å². The molecule has 1 N–H and O–H groups in total. The molecule has 136 valence electrons. The Hall–Kier alpha value is -3.15. The van der Waals surface area contributed by atoms with Crippen LogP contribution in [0.4, 0.5) is 8.78 Å². The predicted molar refractivity (Wildman–Crippen MR) is 99.4 cm³/mol. The Morgan fingerprint density at radius 2 is 1.74 bits per heavy atom. The van der Waals surface area contributed by atoms with Gasteiger partial charge < -0.3 is 4.98 Å². The highest BCUT2D eigenvalue weighted by Gasteiger charge is 2.11. The van der Waals surface area contributed by atoms with Gasteiger partial charge in [0.05, 0.1) is 6.20 Å². The largest absolute Gasteiger partial charge is 0.346 e. The smallest absolute Gasteiger partial charge is 0.216 e. The maximum absolute atomic E-state index is 14.5. The molecule has 6 heteroatoms. The molecule has 0 atom stereocenters. The maximum Gasteiger partial charge on any atom is 0.216 e. The zero-order valence-corrected chi connectivity index (χ0v) is 14.8. The first-order valence-electron chi connectivity index (χ1n) is 8.76. The maximum atomic E-state index is 14.5. The van der Waals surface area contributed by atoms with Crippen LogP contribution in [0.1, 0.15) is 28.1 Å². The summed E-state index contributed by atoms with van der Waals surface area (Å²) in [5.74, 6) is -0.829. The number of hydrogen-bond acceptors (Lipinski definition) is 3. The average Bonchev–Trinajstić information content (AvgIpc) is 3.05. The minimum absolute atomic E-state index is 0.366. The first-order chi connectivity index (χ1) is 13.1. The summed E-state index contributed by atoms with van der Waals surface area (Å²) in [6, 6.07) is 8.66. The second kappa shape index (κ2) is 7.23. The van der Waals surface area contributed by atoms with E-state index in [2.05, 4.69) is 19.9 Å². The van der Waals surface area contributed by atoms with Crippen LogP contribution in [0.5, 0.6) is 0 Å². The van der Waals surface area contributed by atoms with Crippen LogP contribution in [-0.4, -0.2) is 19.9 Å². The Bertz CT molecular complexity index is 1090. The lowest BCUT2D eigenvalue weighted by atomic mass is 10.0. The minimum atomic E-state index is -0.463. The van der Waals surface area contributed by atoms with E-state index >= 15 is 0 Å². The van der Waals surface area contributed by atoms with Gasteiger partial charge in [0, 0.05) is 41.2 Å². The molecule has 0 spiro atoms. The summed E-state index contributed by atoms with van der Waals surface area (Å²) in [5, 5.41) is 1.00. The molecular weight excluding hydrogens is 346 g/mol. The highest BCUT2D eigenvalue weighted by atomic mass is 19.1. The molecule has 4 aromatic rings. The van der Waals surface area contributed by atoms with Crippen molar-refractivity contribution in [1.29, 1.82) is 0 Å². The third kappa shape index (κ3) is 3.84. The SMILES string of the molecule is Cc1cnc2[nH]cc(Cc3ccc(CCc4ccc(F)cn4)nc3F)c2c1. The van der Waals surface area contributed by atoms with E-state index in [-0.39, 0.29) is 5.82 Å². The van der Waals surface area contributed by atoms with Gasteiger partial charge in [-0.1, -0.05) is 6.07 Å². The predicted octanol–water partition coefficient (Wildman–Crippen LogP) is 4.32. The Labute approximate surface area is 155 Å². The lowest BCUT2D eigenvalue weighted by molar-refractivity contribution is 0.562. The van der Waals surface area contributed by atoms with E-state index in [1.54, 1.807) is 18.3 Å². The van der Waals surface area contributed by atoms with Crippen LogP contribution in [0, 0.1) is 18.7 Å². The van der Waals surface area contributed by atoms with Crippen LogP contribution < -0.4 is 0 Å². The number of halogens is 2. The van der Waals surface area contributed by atoms with Crippen molar-refractivity contribution in [1.82, 2.24) is 19.9 Å². The van der Waals surface area contributed by atoms with Crippen LogP contribution >= 0.6 is 0 Å². The zero-order valence-electron chi connectivity index (χ0n) is 14.8. The number of hydrogen-bond donors (Lipinski definition) is 1. The molecule has 0 saturated carbocycles. The van der Waals surface area contributed by atoms with E-state index in [0.717, 1.165) is 27.9 Å². The van der Waals surface area contributed by atoms with Crippen molar-refractivity contribution >= 4 is 11.0 Å². The highest BCUT2D eigenvalue weighted by Crippen LogP contribution is 2.22. The van der Waals surface area contributed by atoms with E-state index < -0.39 is 5.95 Å². The summed E-state index contributed by atoms with van der Waals surface area (Å²) in [4.78, 5) is 15.6. The van der Waals surface area contributed by atoms with Crippen LogP contribution in [0.15, 0.2) is 48.9 Å². The van der Waals surface area contributed by atoms with Gasteiger partial charge in [-0.3, -0.25) is 4.98 Å². The molecule has 27 heavy (non-hydrogen) atoms. The Balaban J connectivity index is 1.49. The van der Waals surface area contributed by atoms with Crippen molar-refractivity contribution in [2.75, 3.05) is 0 Å². The molecule has 4 rings (SSSR count). The van der Waals surface area contributed by atoms with E-state index in [1.165, 1.54) is 12.3 Å². The molecular formula is C21H18F2N4. The fourth-order valence-corrected chi connectivity index (χ4v) is 3.10. The molecule has 0 amide bonds. The number of nitrogens with zero attached hydrogens (tertiary/aromatic N) is 3. The molecule has 0 aliphatic carbocycles. The number of aromatic nitrogens is 4. The van der Waals surface area contributed by atoms with Crippen molar-refractivity contribution < 1.29 is 8.78 Å². The van der Waals surface area contributed by atoms with Gasteiger partial charge in [-0.25, -0.2) is 14.4 Å². The molecule has 0 fully saturated rings. The van der Waals surface area contributed by atoms with Gasteiger partial charge in [-0.2, -0.15) is 4.39 Å². The summed E-state index contributed by atoms with van der Waals surface area (Å²) in [6.07, 6.45) is 6.43. The van der Waals surface area contributed by atoms with Gasteiger partial charge >= 0.3 is 0 Å². The van der Waals surface area contributed by atoms with Gasteiger partial charge in [0.2, 0.25) is 5.95 Å². The minimum Gasteiger partial charge on any atom is -0.346 e. The number of aromatic amines is 1. The quantitative estimate of drug-likeness (QED) is 0.537. The van der Waals surface area contributed by atoms with E-state index in [0.29, 0.717) is 30.5 Å². The number of aryl methyl sites for hydroxylation is 3. The van der Waals surface area contributed by atoms with Crippen LogP contribution in [0.2, 0.25) is 0 Å². The molecule has 0 aliphatic heterocycles. The molecule has 4 heterocycles. The zero-order chi connectivity index (χ0) is 18.8.